The molecule has 2 heterocycles. The molecule has 0 bridgehead atoms. The summed E-state index contributed by atoms with van der Waals surface area (Å²) < 4.78 is 55.6. The highest BCUT2D eigenvalue weighted by molar-refractivity contribution is 7.66. The molecule has 0 radical (unpaired) electrons. The summed E-state index contributed by atoms with van der Waals surface area (Å²) >= 11 is 0. The van der Waals surface area contributed by atoms with Gasteiger partial charge in [-0.2, -0.15) is 8.62 Å². The number of aliphatic hydroxyl groups is 1. The zero-order chi connectivity index (χ0) is 22.9. The van der Waals surface area contributed by atoms with E-state index >= 15 is 0 Å². The second kappa shape index (κ2) is 9.22. The number of methoxy groups -OCH3 is 1. The summed E-state index contributed by atoms with van der Waals surface area (Å²) in [7, 11) is -15.5. The normalized spacial score (nSPS) is 28.7. The first-order valence-electron chi connectivity index (χ1n) is 7.61. The Morgan fingerprint density at radius 1 is 1.10 bits per heavy atom. The van der Waals surface area contributed by atoms with Gasteiger partial charge in [-0.3, -0.25) is 14.3 Å². The highest BCUT2D eigenvalue weighted by Crippen LogP contribution is 2.66. The lowest BCUT2D eigenvalue weighted by Crippen LogP contribution is -2.35. The number of phosphoric ester groups is 1. The number of hydrogen-bond donors (Lipinski definition) is 7. The lowest BCUT2D eigenvalue weighted by molar-refractivity contribution is -0.0235. The quantitative estimate of drug-likeness (QED) is 0.186. The average Bonchev–Trinajstić information content (AvgIpc) is 2.85. The molecule has 0 aliphatic carbocycles. The van der Waals surface area contributed by atoms with Crippen LogP contribution in [0.2, 0.25) is 0 Å². The molecule has 1 fully saturated rings. The van der Waals surface area contributed by atoms with Crippen LogP contribution in [-0.4, -0.2) is 66.7 Å². The highest BCUT2D eigenvalue weighted by Gasteiger charge is 2.47. The fraction of sp³-hybridized carbons (Fsp3) is 0.600. The molecule has 17 nitrogen and oxygen atoms in total. The van der Waals surface area contributed by atoms with Crippen molar-refractivity contribution >= 4 is 23.5 Å². The predicted molar refractivity (Wildman–Crippen MR) is 91.9 cm³/mol. The molecule has 20 heteroatoms. The third-order valence-corrected chi connectivity index (χ3v) is 7.38. The van der Waals surface area contributed by atoms with Gasteiger partial charge in [0.05, 0.1) is 12.2 Å². The molecule has 0 amide bonds. The molecule has 6 atom stereocenters. The average molecular weight is 498 g/mol. The van der Waals surface area contributed by atoms with E-state index in [4.69, 9.17) is 24.2 Å². The van der Waals surface area contributed by atoms with Gasteiger partial charge in [0, 0.05) is 13.3 Å². The van der Waals surface area contributed by atoms with Crippen molar-refractivity contribution in [2.75, 3.05) is 13.7 Å². The maximum Gasteiger partial charge on any atom is 0.490 e. The molecule has 6 unspecified atom stereocenters. The molecule has 1 saturated heterocycles. The number of aromatic amines is 2. The highest BCUT2D eigenvalue weighted by atomic mass is 31.3. The molecule has 0 spiro atoms. The molecule has 0 saturated carbocycles. The maximum atomic E-state index is 11.9. The molecule has 2 rings (SSSR count). The Kier molecular flexibility index (Phi) is 7.76. The minimum atomic E-state index is -5.71. The maximum absolute atomic E-state index is 11.9. The summed E-state index contributed by atoms with van der Waals surface area (Å²) in [6.07, 6.45) is -4.41. The van der Waals surface area contributed by atoms with Gasteiger partial charge in [-0.1, -0.05) is 0 Å². The molecule has 30 heavy (non-hydrogen) atoms. The number of nitrogens with one attached hydrogen (secondary N) is 2. The smallest absolute Gasteiger partial charge is 0.387 e. The Morgan fingerprint density at radius 2 is 1.73 bits per heavy atom. The van der Waals surface area contributed by atoms with E-state index in [2.05, 4.69) is 18.1 Å². The molecule has 1 aromatic rings. The van der Waals surface area contributed by atoms with Crippen molar-refractivity contribution in [1.29, 1.82) is 0 Å². The Hall–Kier alpha value is -1.03. The molecule has 7 N–H and O–H groups in total. The van der Waals surface area contributed by atoms with Gasteiger partial charge in [-0.15, -0.1) is 0 Å². The van der Waals surface area contributed by atoms with Crippen molar-refractivity contribution in [2.24, 2.45) is 0 Å². The molecule has 1 aromatic heterocycles. The van der Waals surface area contributed by atoms with Crippen molar-refractivity contribution in [2.45, 2.75) is 24.4 Å². The number of aliphatic hydroxyl groups excluding tert-OH is 1. The van der Waals surface area contributed by atoms with E-state index in [1.807, 2.05) is 4.98 Å². The largest absolute Gasteiger partial charge is 0.490 e. The van der Waals surface area contributed by atoms with Gasteiger partial charge in [-0.05, 0) is 0 Å². The van der Waals surface area contributed by atoms with Crippen molar-refractivity contribution in [3.05, 3.63) is 32.6 Å². The van der Waals surface area contributed by atoms with E-state index in [1.165, 1.54) is 0 Å². The zero-order valence-corrected chi connectivity index (χ0v) is 17.4. The molecule has 1 aliphatic rings. The SMILES string of the molecule is COC1C(c2c[nH]c(=O)[nH]c2=O)OC(COP(=O)(O)OP(=O)(O)OP(=O)(O)O)C1O. The van der Waals surface area contributed by atoms with Gasteiger partial charge in [0.15, 0.2) is 0 Å². The van der Waals surface area contributed by atoms with E-state index in [9.17, 15) is 33.3 Å². The van der Waals surface area contributed by atoms with Crippen LogP contribution < -0.4 is 11.2 Å². The van der Waals surface area contributed by atoms with Crippen LogP contribution in [0, 0.1) is 0 Å². The standard InChI is InChI=1S/C10H17N2O15P3/c1-23-8-6(13)5(25-7(8)4-2-11-10(15)12-9(4)14)3-24-29(19,20)27-30(21,22)26-28(16,17)18/h2,5-8,13H,3H2,1H3,(H,19,20)(H,21,22)(H2,16,17,18)(H2,11,12,14,15). The van der Waals surface area contributed by atoms with Crippen LogP contribution in [0.5, 0.6) is 0 Å². The first kappa shape index (κ1) is 25.2. The second-order valence-corrected chi connectivity index (χ2v) is 10.1. The van der Waals surface area contributed by atoms with E-state index in [1.54, 1.807) is 0 Å². The first-order valence-corrected chi connectivity index (χ1v) is 12.1. The molecule has 0 aromatic carbocycles. The number of phosphoric acid groups is 3. The lowest BCUT2D eigenvalue weighted by Gasteiger charge is -2.19. The van der Waals surface area contributed by atoms with Crippen molar-refractivity contribution in [1.82, 2.24) is 9.97 Å². The summed E-state index contributed by atoms with van der Waals surface area (Å²) in [4.78, 5) is 62.7. The van der Waals surface area contributed by atoms with Crippen molar-refractivity contribution in [3.63, 3.8) is 0 Å². The van der Waals surface area contributed by atoms with Gasteiger partial charge in [0.1, 0.15) is 24.4 Å². The minimum Gasteiger partial charge on any atom is -0.387 e. The minimum absolute atomic E-state index is 0.152. The Bertz CT molecular complexity index is 1010. The summed E-state index contributed by atoms with van der Waals surface area (Å²) in [6, 6.07) is 0. The Labute approximate surface area is 166 Å². The second-order valence-electron chi connectivity index (χ2n) is 5.70. The number of rotatable bonds is 9. The topological polar surface area (TPSA) is 264 Å². The summed E-state index contributed by atoms with van der Waals surface area (Å²) in [5, 5.41) is 10.3. The van der Waals surface area contributed by atoms with Crippen LogP contribution in [0.25, 0.3) is 0 Å². The van der Waals surface area contributed by atoms with Crippen LogP contribution in [0.1, 0.15) is 11.7 Å². The van der Waals surface area contributed by atoms with E-state index in [0.717, 1.165) is 13.3 Å². The zero-order valence-electron chi connectivity index (χ0n) is 14.8. The van der Waals surface area contributed by atoms with Gasteiger partial charge >= 0.3 is 29.2 Å². The van der Waals surface area contributed by atoms with Gasteiger partial charge in [-0.25, -0.2) is 18.5 Å². The molecular weight excluding hydrogens is 481 g/mol. The van der Waals surface area contributed by atoms with Gasteiger partial charge in [0.2, 0.25) is 0 Å². The Morgan fingerprint density at radius 3 is 2.27 bits per heavy atom. The summed E-state index contributed by atoms with van der Waals surface area (Å²) in [5.74, 6) is 0. The predicted octanol–water partition coefficient (Wildman–Crippen LogP) is -1.78. The van der Waals surface area contributed by atoms with E-state index in [0.29, 0.717) is 0 Å². The van der Waals surface area contributed by atoms with E-state index in [-0.39, 0.29) is 5.56 Å². The summed E-state index contributed by atoms with van der Waals surface area (Å²) in [5.41, 5.74) is -1.81. The summed E-state index contributed by atoms with van der Waals surface area (Å²) in [6.45, 7) is -0.956. The third kappa shape index (κ3) is 6.73. The van der Waals surface area contributed by atoms with E-state index < -0.39 is 65.7 Å². The first-order chi connectivity index (χ1) is 13.6. The van der Waals surface area contributed by atoms with Gasteiger partial charge in [0.25, 0.3) is 5.56 Å². The van der Waals surface area contributed by atoms with Crippen LogP contribution in [0.15, 0.2) is 15.8 Å². The number of hydrogen-bond acceptors (Lipinski definition) is 11. The monoisotopic (exact) mass is 498 g/mol. The Balaban J connectivity index is 2.10. The number of H-pyrrole nitrogens is 2. The number of ether oxygens (including phenoxy) is 2. The lowest BCUT2D eigenvalue weighted by atomic mass is 10.0. The van der Waals surface area contributed by atoms with Crippen LogP contribution in [-0.2, 0) is 36.3 Å². The third-order valence-electron chi connectivity index (χ3n) is 3.58. The van der Waals surface area contributed by atoms with Gasteiger partial charge < -0.3 is 39.1 Å². The van der Waals surface area contributed by atoms with Crippen LogP contribution >= 0.6 is 23.5 Å². The molecule has 1 aliphatic heterocycles. The van der Waals surface area contributed by atoms with Crippen LogP contribution in [0.3, 0.4) is 0 Å². The fourth-order valence-corrected chi connectivity index (χ4v) is 5.52. The molecular formula is C10H17N2O15P3. The van der Waals surface area contributed by atoms with Crippen molar-refractivity contribution in [3.8, 4) is 0 Å². The van der Waals surface area contributed by atoms with Crippen LogP contribution in [0.4, 0.5) is 0 Å². The number of aromatic nitrogens is 2. The van der Waals surface area contributed by atoms with Crippen molar-refractivity contribution < 1.29 is 61.0 Å². The fourth-order valence-electron chi connectivity index (χ4n) is 2.49. The molecule has 172 valence electrons.